The molecular formula is C20H16ClN3O4S. The zero-order chi connectivity index (χ0) is 20.3. The second-order valence-electron chi connectivity index (χ2n) is 7.24. The van der Waals surface area contributed by atoms with Gasteiger partial charge in [-0.3, -0.25) is 14.5 Å². The third kappa shape index (κ3) is 2.60. The summed E-state index contributed by atoms with van der Waals surface area (Å²) in [5.74, 6) is -1.49. The SMILES string of the molecule is O=C(O)[C@@H]1C[C@@H](O)CN1C1(c2nc3ccccc3s2)C(=O)Nc2ccc(Cl)cc21. The number of aliphatic hydroxyl groups is 1. The number of amides is 1. The summed E-state index contributed by atoms with van der Waals surface area (Å²) in [5, 5.41) is 23.9. The van der Waals surface area contributed by atoms with Crippen molar-refractivity contribution in [3.63, 3.8) is 0 Å². The zero-order valence-corrected chi connectivity index (χ0v) is 16.6. The van der Waals surface area contributed by atoms with Crippen LogP contribution < -0.4 is 5.32 Å². The van der Waals surface area contributed by atoms with Crippen LogP contribution in [0.15, 0.2) is 42.5 Å². The molecule has 1 amide bonds. The van der Waals surface area contributed by atoms with Crippen molar-refractivity contribution in [2.45, 2.75) is 24.1 Å². The van der Waals surface area contributed by atoms with Crippen molar-refractivity contribution in [3.05, 3.63) is 58.1 Å². The third-order valence-corrected chi connectivity index (χ3v) is 6.93. The van der Waals surface area contributed by atoms with E-state index in [1.807, 2.05) is 24.3 Å². The van der Waals surface area contributed by atoms with E-state index < -0.39 is 29.6 Å². The Hall–Kier alpha value is -2.52. The van der Waals surface area contributed by atoms with Crippen LogP contribution in [0.2, 0.25) is 5.02 Å². The second-order valence-corrected chi connectivity index (χ2v) is 8.70. The summed E-state index contributed by atoms with van der Waals surface area (Å²) >= 11 is 7.60. The number of carbonyl (C=O) groups is 2. The number of carboxylic acid groups (broad SMARTS) is 1. The molecule has 148 valence electrons. The van der Waals surface area contributed by atoms with Crippen molar-refractivity contribution in [3.8, 4) is 0 Å². The molecule has 1 saturated heterocycles. The lowest BCUT2D eigenvalue weighted by molar-refractivity contribution is -0.145. The molecule has 3 N–H and O–H groups in total. The van der Waals surface area contributed by atoms with Gasteiger partial charge in [-0.1, -0.05) is 23.7 Å². The van der Waals surface area contributed by atoms with Gasteiger partial charge in [0.05, 0.1) is 16.3 Å². The number of benzene rings is 2. The van der Waals surface area contributed by atoms with Gasteiger partial charge in [0.1, 0.15) is 11.0 Å². The Balaban J connectivity index is 1.82. The number of nitrogens with one attached hydrogen (secondary N) is 1. The van der Waals surface area contributed by atoms with Crippen LogP contribution in [0.1, 0.15) is 17.0 Å². The number of likely N-dealkylation sites (tertiary alicyclic amines) is 1. The first-order chi connectivity index (χ1) is 13.9. The summed E-state index contributed by atoms with van der Waals surface area (Å²) in [5.41, 5.74) is 0.352. The predicted molar refractivity (Wildman–Crippen MR) is 109 cm³/mol. The minimum absolute atomic E-state index is 0.0329. The smallest absolute Gasteiger partial charge is 0.321 e. The number of hydrogen-bond acceptors (Lipinski definition) is 6. The topological polar surface area (TPSA) is 103 Å². The average molecular weight is 430 g/mol. The van der Waals surface area contributed by atoms with Crippen LogP contribution in [0.5, 0.6) is 0 Å². The summed E-state index contributed by atoms with van der Waals surface area (Å²) in [4.78, 5) is 31.8. The Labute approximate surface area is 174 Å². The number of aliphatic carboxylic acids is 1. The Kier molecular flexibility index (Phi) is 4.15. The summed E-state index contributed by atoms with van der Waals surface area (Å²) < 4.78 is 0.886. The molecule has 29 heavy (non-hydrogen) atoms. The van der Waals surface area contributed by atoms with Crippen LogP contribution in [0.3, 0.4) is 0 Å². The highest BCUT2D eigenvalue weighted by Gasteiger charge is 2.60. The molecular weight excluding hydrogens is 414 g/mol. The van der Waals surface area contributed by atoms with Crippen LogP contribution in [0.4, 0.5) is 5.69 Å². The third-order valence-electron chi connectivity index (χ3n) is 5.55. The first-order valence-corrected chi connectivity index (χ1v) is 10.3. The molecule has 1 unspecified atom stereocenters. The summed E-state index contributed by atoms with van der Waals surface area (Å²) in [6.07, 6.45) is -0.830. The van der Waals surface area contributed by atoms with Gasteiger partial charge >= 0.3 is 5.97 Å². The minimum Gasteiger partial charge on any atom is -0.480 e. The largest absolute Gasteiger partial charge is 0.480 e. The number of nitrogens with zero attached hydrogens (tertiary/aromatic N) is 2. The highest BCUT2D eigenvalue weighted by atomic mass is 35.5. The van der Waals surface area contributed by atoms with Crippen molar-refractivity contribution in [1.29, 1.82) is 0 Å². The van der Waals surface area contributed by atoms with Gasteiger partial charge in [-0.2, -0.15) is 0 Å². The van der Waals surface area contributed by atoms with Gasteiger partial charge in [0.25, 0.3) is 5.91 Å². The molecule has 0 radical (unpaired) electrons. The van der Waals surface area contributed by atoms with E-state index in [9.17, 15) is 19.8 Å². The van der Waals surface area contributed by atoms with Gasteiger partial charge in [-0.05, 0) is 30.3 Å². The summed E-state index contributed by atoms with van der Waals surface area (Å²) in [7, 11) is 0. The lowest BCUT2D eigenvalue weighted by Gasteiger charge is -2.37. The predicted octanol–water partition coefficient (Wildman–Crippen LogP) is 2.67. The lowest BCUT2D eigenvalue weighted by atomic mass is 9.88. The van der Waals surface area contributed by atoms with Crippen LogP contribution in [0.25, 0.3) is 10.2 Å². The van der Waals surface area contributed by atoms with E-state index in [4.69, 9.17) is 16.6 Å². The number of carboxylic acids is 1. The molecule has 1 fully saturated rings. The normalized spacial score (nSPS) is 26.6. The number of β-amino-alcohol motifs (C(OH)–C–C–N with tert-alkyl or cyclic N) is 1. The number of rotatable bonds is 3. The highest BCUT2D eigenvalue weighted by molar-refractivity contribution is 7.18. The molecule has 2 aromatic carbocycles. The zero-order valence-electron chi connectivity index (χ0n) is 15.0. The Bertz CT molecular complexity index is 1130. The average Bonchev–Trinajstić information content (AvgIpc) is 3.35. The molecule has 5 rings (SSSR count). The summed E-state index contributed by atoms with van der Waals surface area (Å²) in [6.45, 7) is 0.0340. The highest BCUT2D eigenvalue weighted by Crippen LogP contribution is 2.50. The second kappa shape index (κ2) is 6.50. The molecule has 0 spiro atoms. The maximum absolute atomic E-state index is 13.5. The number of hydrogen-bond donors (Lipinski definition) is 3. The summed E-state index contributed by atoms with van der Waals surface area (Å²) in [6, 6.07) is 11.5. The Morgan fingerprint density at radius 2 is 2.10 bits per heavy atom. The van der Waals surface area contributed by atoms with E-state index in [1.165, 1.54) is 11.3 Å². The fourth-order valence-corrected chi connectivity index (χ4v) is 5.68. The number of halogens is 1. The maximum Gasteiger partial charge on any atom is 0.321 e. The van der Waals surface area contributed by atoms with Gasteiger partial charge in [0.15, 0.2) is 5.54 Å². The maximum atomic E-state index is 13.5. The van der Waals surface area contributed by atoms with Crippen LogP contribution in [0, 0.1) is 0 Å². The Morgan fingerprint density at radius 1 is 1.31 bits per heavy atom. The van der Waals surface area contributed by atoms with E-state index in [0.29, 0.717) is 21.3 Å². The molecule has 7 nitrogen and oxygen atoms in total. The number of carbonyl (C=O) groups excluding carboxylic acids is 1. The van der Waals surface area contributed by atoms with Gasteiger partial charge in [-0.15, -0.1) is 11.3 Å². The van der Waals surface area contributed by atoms with Crippen molar-refractivity contribution in [2.24, 2.45) is 0 Å². The molecule has 3 aromatic rings. The van der Waals surface area contributed by atoms with Crippen LogP contribution >= 0.6 is 22.9 Å². The van der Waals surface area contributed by atoms with Gasteiger partial charge in [-0.25, -0.2) is 4.98 Å². The fourth-order valence-electron chi connectivity index (χ4n) is 4.33. The fraction of sp³-hybridized carbons (Fsp3) is 0.250. The van der Waals surface area contributed by atoms with Crippen molar-refractivity contribution >= 4 is 50.7 Å². The van der Waals surface area contributed by atoms with Crippen LogP contribution in [-0.4, -0.2) is 50.7 Å². The molecule has 2 aliphatic rings. The van der Waals surface area contributed by atoms with E-state index in [2.05, 4.69) is 5.32 Å². The van der Waals surface area contributed by atoms with Gasteiger partial charge < -0.3 is 15.5 Å². The molecule has 0 aliphatic carbocycles. The molecule has 3 heterocycles. The first-order valence-electron chi connectivity index (χ1n) is 9.06. The Morgan fingerprint density at radius 3 is 2.86 bits per heavy atom. The first kappa shape index (κ1) is 18.5. The number of thiazole rings is 1. The van der Waals surface area contributed by atoms with E-state index in [-0.39, 0.29) is 13.0 Å². The van der Waals surface area contributed by atoms with Gasteiger partial charge in [0, 0.05) is 29.2 Å². The monoisotopic (exact) mass is 429 g/mol. The molecule has 2 aliphatic heterocycles. The van der Waals surface area contributed by atoms with Crippen LogP contribution in [-0.2, 0) is 15.1 Å². The van der Waals surface area contributed by atoms with Crippen molar-refractivity contribution < 1.29 is 19.8 Å². The number of anilines is 1. The number of para-hydroxylation sites is 1. The molecule has 9 heteroatoms. The lowest BCUT2D eigenvalue weighted by Crippen LogP contribution is -2.56. The quantitative estimate of drug-likeness (QED) is 0.591. The van der Waals surface area contributed by atoms with E-state index in [0.717, 1.165) is 10.2 Å². The minimum atomic E-state index is -1.48. The van der Waals surface area contributed by atoms with E-state index in [1.54, 1.807) is 23.1 Å². The van der Waals surface area contributed by atoms with Gasteiger partial charge in [0.2, 0.25) is 0 Å². The molecule has 0 saturated carbocycles. The molecule has 3 atom stereocenters. The number of aromatic nitrogens is 1. The van der Waals surface area contributed by atoms with Crippen molar-refractivity contribution in [1.82, 2.24) is 9.88 Å². The molecule has 1 aromatic heterocycles. The molecule has 0 bridgehead atoms. The van der Waals surface area contributed by atoms with Crippen molar-refractivity contribution in [2.75, 3.05) is 11.9 Å². The number of fused-ring (bicyclic) bond motifs is 2. The number of aliphatic hydroxyl groups excluding tert-OH is 1. The van der Waals surface area contributed by atoms with E-state index >= 15 is 0 Å². The standard InChI is InChI=1S/C20H16ClN3O4S/c21-10-5-6-13-12(7-10)20(18(28)22-13,24-9-11(25)8-15(24)17(26)27)19-23-14-3-1-2-4-16(14)29-19/h1-7,11,15,25H,8-9H2,(H,22,28)(H,26,27)/t11-,15+,20?/m1/s1.